The van der Waals surface area contributed by atoms with Gasteiger partial charge in [0.05, 0.1) is 5.60 Å². The van der Waals surface area contributed by atoms with E-state index in [1.807, 2.05) is 0 Å². The van der Waals surface area contributed by atoms with E-state index >= 15 is 0 Å². The molecule has 1 N–H and O–H groups in total. The van der Waals surface area contributed by atoms with Crippen molar-refractivity contribution < 1.29 is 5.11 Å². The Balaban J connectivity index is 1.67. The second-order valence-corrected chi connectivity index (χ2v) is 7.43. The first-order valence-electron chi connectivity index (χ1n) is 7.37. The van der Waals surface area contributed by atoms with Gasteiger partial charge in [-0.25, -0.2) is 0 Å². The Bertz CT molecular complexity index is 286. The third-order valence-electron chi connectivity index (χ3n) is 6.52. The Morgan fingerprint density at radius 2 is 1.44 bits per heavy atom. The summed E-state index contributed by atoms with van der Waals surface area (Å²) in [5, 5.41) is 11.0. The zero-order chi connectivity index (χ0) is 11.0. The monoisotopic (exact) mass is 220 g/mol. The van der Waals surface area contributed by atoms with E-state index in [9.17, 15) is 5.11 Å². The van der Waals surface area contributed by atoms with Gasteiger partial charge < -0.3 is 5.11 Å². The van der Waals surface area contributed by atoms with Crippen LogP contribution in [0.1, 0.15) is 58.3 Å². The van der Waals surface area contributed by atoms with Crippen LogP contribution in [0, 0.1) is 29.1 Å². The van der Waals surface area contributed by atoms with Gasteiger partial charge in [0.2, 0.25) is 0 Å². The van der Waals surface area contributed by atoms with Crippen molar-refractivity contribution in [1.29, 1.82) is 0 Å². The minimum absolute atomic E-state index is 0.224. The van der Waals surface area contributed by atoms with Gasteiger partial charge in [-0.05, 0) is 68.6 Å². The maximum absolute atomic E-state index is 11.0. The molecule has 0 aromatic carbocycles. The zero-order valence-corrected chi connectivity index (χ0v) is 10.4. The SMILES string of the molecule is CCC1CC1(O)C12CC3CC(CC(C3)C1)C2. The van der Waals surface area contributed by atoms with E-state index in [2.05, 4.69) is 6.92 Å². The molecule has 5 aliphatic rings. The van der Waals surface area contributed by atoms with Gasteiger partial charge in [-0.1, -0.05) is 13.3 Å². The highest BCUT2D eigenvalue weighted by Crippen LogP contribution is 2.71. The van der Waals surface area contributed by atoms with Gasteiger partial charge in [-0.3, -0.25) is 0 Å². The molecule has 0 aromatic heterocycles. The number of rotatable bonds is 2. The van der Waals surface area contributed by atoms with Crippen LogP contribution in [0.25, 0.3) is 0 Å². The molecule has 2 unspecified atom stereocenters. The third kappa shape index (κ3) is 1.06. The van der Waals surface area contributed by atoms with Gasteiger partial charge in [-0.2, -0.15) is 0 Å². The molecular formula is C15H24O. The summed E-state index contributed by atoms with van der Waals surface area (Å²) in [6.45, 7) is 2.25. The molecule has 5 rings (SSSR count). The van der Waals surface area contributed by atoms with Gasteiger partial charge in [0.15, 0.2) is 0 Å². The average molecular weight is 220 g/mol. The van der Waals surface area contributed by atoms with Crippen LogP contribution in [0.3, 0.4) is 0 Å². The zero-order valence-electron chi connectivity index (χ0n) is 10.4. The predicted octanol–water partition coefficient (Wildman–Crippen LogP) is 3.36. The highest BCUT2D eigenvalue weighted by Gasteiger charge is 2.68. The molecule has 0 spiro atoms. The molecule has 90 valence electrons. The van der Waals surface area contributed by atoms with Crippen molar-refractivity contribution in [1.82, 2.24) is 0 Å². The fourth-order valence-corrected chi connectivity index (χ4v) is 6.09. The normalized spacial score (nSPS) is 62.6. The third-order valence-corrected chi connectivity index (χ3v) is 6.52. The van der Waals surface area contributed by atoms with E-state index in [0.29, 0.717) is 11.3 Å². The maximum atomic E-state index is 11.0. The van der Waals surface area contributed by atoms with Crippen LogP contribution in [-0.2, 0) is 0 Å². The van der Waals surface area contributed by atoms with E-state index in [1.54, 1.807) is 0 Å². The Labute approximate surface area is 98.6 Å². The van der Waals surface area contributed by atoms with Crippen LogP contribution < -0.4 is 0 Å². The Morgan fingerprint density at radius 1 is 0.938 bits per heavy atom. The Kier molecular flexibility index (Phi) is 1.77. The highest BCUT2D eigenvalue weighted by atomic mass is 16.3. The number of aliphatic hydroxyl groups is 1. The van der Waals surface area contributed by atoms with E-state index in [-0.39, 0.29) is 5.60 Å². The van der Waals surface area contributed by atoms with Crippen molar-refractivity contribution in [3.63, 3.8) is 0 Å². The van der Waals surface area contributed by atoms with Crippen molar-refractivity contribution in [2.75, 3.05) is 0 Å². The molecule has 1 nitrogen and oxygen atoms in total. The molecule has 16 heavy (non-hydrogen) atoms. The van der Waals surface area contributed by atoms with Crippen molar-refractivity contribution in [2.45, 2.75) is 63.9 Å². The quantitative estimate of drug-likeness (QED) is 0.756. The van der Waals surface area contributed by atoms with E-state index in [0.717, 1.165) is 24.2 Å². The number of hydrogen-bond donors (Lipinski definition) is 1. The van der Waals surface area contributed by atoms with E-state index in [1.165, 1.54) is 44.9 Å². The van der Waals surface area contributed by atoms with Crippen molar-refractivity contribution >= 4 is 0 Å². The molecule has 5 saturated carbocycles. The predicted molar refractivity (Wildman–Crippen MR) is 64.0 cm³/mol. The van der Waals surface area contributed by atoms with E-state index in [4.69, 9.17) is 0 Å². The lowest BCUT2D eigenvalue weighted by molar-refractivity contribution is -0.139. The van der Waals surface area contributed by atoms with Crippen LogP contribution in [0.2, 0.25) is 0 Å². The van der Waals surface area contributed by atoms with Gasteiger partial charge >= 0.3 is 0 Å². The van der Waals surface area contributed by atoms with Crippen molar-refractivity contribution in [3.05, 3.63) is 0 Å². The smallest absolute Gasteiger partial charge is 0.0736 e. The van der Waals surface area contributed by atoms with E-state index < -0.39 is 0 Å². The van der Waals surface area contributed by atoms with Gasteiger partial charge in [-0.15, -0.1) is 0 Å². The summed E-state index contributed by atoms with van der Waals surface area (Å²) in [7, 11) is 0. The molecule has 0 amide bonds. The standard InChI is InChI=1S/C15H24O/c1-2-13-9-15(13,16)14-6-10-3-11(7-14)5-12(4-10)8-14/h10-13,16H,2-9H2,1H3. The minimum Gasteiger partial charge on any atom is -0.389 e. The summed E-state index contributed by atoms with van der Waals surface area (Å²) < 4.78 is 0. The average Bonchev–Trinajstić information content (AvgIpc) is 2.90. The second kappa shape index (κ2) is 2.85. The molecule has 2 atom stereocenters. The van der Waals surface area contributed by atoms with Crippen LogP contribution in [0.4, 0.5) is 0 Å². The topological polar surface area (TPSA) is 20.2 Å². The van der Waals surface area contributed by atoms with Crippen LogP contribution in [0.5, 0.6) is 0 Å². The highest BCUT2D eigenvalue weighted by molar-refractivity contribution is 5.19. The second-order valence-electron chi connectivity index (χ2n) is 7.43. The molecule has 5 aliphatic carbocycles. The molecule has 0 aliphatic heterocycles. The lowest BCUT2D eigenvalue weighted by Crippen LogP contribution is -2.53. The minimum atomic E-state index is -0.224. The summed E-state index contributed by atoms with van der Waals surface area (Å²) in [5.41, 5.74) is 0.153. The molecule has 0 heterocycles. The summed E-state index contributed by atoms with van der Waals surface area (Å²) >= 11 is 0. The Hall–Kier alpha value is -0.0400. The molecule has 1 heteroatoms. The van der Waals surface area contributed by atoms with Gasteiger partial charge in [0, 0.05) is 5.41 Å². The first kappa shape index (κ1) is 9.94. The van der Waals surface area contributed by atoms with Gasteiger partial charge in [0.1, 0.15) is 0 Å². The summed E-state index contributed by atoms with van der Waals surface area (Å²) in [4.78, 5) is 0. The largest absolute Gasteiger partial charge is 0.389 e. The number of hydrogen-bond acceptors (Lipinski definition) is 1. The fraction of sp³-hybridized carbons (Fsp3) is 1.00. The molecule has 0 saturated heterocycles. The summed E-state index contributed by atoms with van der Waals surface area (Å²) in [6, 6.07) is 0. The lowest BCUT2D eigenvalue weighted by Gasteiger charge is -2.59. The Morgan fingerprint density at radius 3 is 1.81 bits per heavy atom. The first-order valence-corrected chi connectivity index (χ1v) is 7.37. The van der Waals surface area contributed by atoms with Gasteiger partial charge in [0.25, 0.3) is 0 Å². The first-order chi connectivity index (χ1) is 7.65. The molecule has 5 fully saturated rings. The maximum Gasteiger partial charge on any atom is 0.0736 e. The molecule has 0 radical (unpaired) electrons. The summed E-state index contributed by atoms with van der Waals surface area (Å²) in [5.74, 6) is 3.58. The van der Waals surface area contributed by atoms with Crippen LogP contribution in [0.15, 0.2) is 0 Å². The van der Waals surface area contributed by atoms with Crippen molar-refractivity contribution in [3.8, 4) is 0 Å². The van der Waals surface area contributed by atoms with Crippen molar-refractivity contribution in [2.24, 2.45) is 29.1 Å². The summed E-state index contributed by atoms with van der Waals surface area (Å²) in [6.07, 6.45) is 10.9. The lowest BCUT2D eigenvalue weighted by atomic mass is 9.47. The molecule has 0 aromatic rings. The fourth-order valence-electron chi connectivity index (χ4n) is 6.09. The molecule has 4 bridgehead atoms. The van der Waals surface area contributed by atoms with Crippen LogP contribution >= 0.6 is 0 Å². The van der Waals surface area contributed by atoms with Crippen LogP contribution in [-0.4, -0.2) is 10.7 Å². The molecular weight excluding hydrogens is 196 g/mol.